The zero-order chi connectivity index (χ0) is 15.2. The molecular formula is C18H26N2O. The van der Waals surface area contributed by atoms with Crippen LogP contribution in [0.4, 0.5) is 0 Å². The maximum absolute atomic E-state index is 5.46. The zero-order valence-corrected chi connectivity index (χ0v) is 13.4. The van der Waals surface area contributed by atoms with E-state index in [1.165, 1.54) is 25.1 Å². The van der Waals surface area contributed by atoms with Crippen LogP contribution in [0, 0.1) is 23.7 Å². The van der Waals surface area contributed by atoms with E-state index in [1.54, 1.807) is 7.11 Å². The van der Waals surface area contributed by atoms with Crippen molar-refractivity contribution in [1.29, 1.82) is 0 Å². The van der Waals surface area contributed by atoms with Gasteiger partial charge in [-0.1, -0.05) is 31.8 Å². The van der Waals surface area contributed by atoms with E-state index < -0.39 is 0 Å². The summed E-state index contributed by atoms with van der Waals surface area (Å²) in [6.45, 7) is 8.42. The summed E-state index contributed by atoms with van der Waals surface area (Å²) in [5, 5.41) is 0. The molecule has 3 nitrogen and oxygen atoms in total. The minimum absolute atomic E-state index is 0.370. The predicted molar refractivity (Wildman–Crippen MR) is 87.1 cm³/mol. The lowest BCUT2D eigenvalue weighted by molar-refractivity contribution is 0.132. The second-order valence-electron chi connectivity index (χ2n) is 6.02. The highest BCUT2D eigenvalue weighted by atomic mass is 16.5. The summed E-state index contributed by atoms with van der Waals surface area (Å²) in [5.74, 6) is 8.43. The number of ether oxygens (including phenoxy) is 1. The van der Waals surface area contributed by atoms with Crippen LogP contribution in [0.15, 0.2) is 18.2 Å². The number of nitrogens with two attached hydrogens (primary N) is 1. The fourth-order valence-electron chi connectivity index (χ4n) is 2.85. The second-order valence-corrected chi connectivity index (χ2v) is 6.02. The van der Waals surface area contributed by atoms with Gasteiger partial charge in [-0.3, -0.25) is 4.90 Å². The first-order chi connectivity index (χ1) is 10.1. The minimum Gasteiger partial charge on any atom is -0.495 e. The van der Waals surface area contributed by atoms with Crippen LogP contribution >= 0.6 is 0 Å². The number of hydrogen-bond acceptors (Lipinski definition) is 3. The van der Waals surface area contributed by atoms with Crippen molar-refractivity contribution in [2.45, 2.75) is 26.8 Å². The SMILES string of the molecule is COc1ccc(CN2CCC(C)C(C)C2)cc1C#CCN. The Morgan fingerprint density at radius 3 is 2.81 bits per heavy atom. The highest BCUT2D eigenvalue weighted by Crippen LogP contribution is 2.25. The van der Waals surface area contributed by atoms with Gasteiger partial charge in [0.05, 0.1) is 19.2 Å². The molecule has 2 rings (SSSR count). The van der Waals surface area contributed by atoms with E-state index in [0.717, 1.165) is 29.7 Å². The molecule has 2 atom stereocenters. The lowest BCUT2D eigenvalue weighted by Crippen LogP contribution is -2.37. The lowest BCUT2D eigenvalue weighted by Gasteiger charge is -2.35. The molecule has 1 fully saturated rings. The smallest absolute Gasteiger partial charge is 0.134 e. The Hall–Kier alpha value is -1.50. The summed E-state index contributed by atoms with van der Waals surface area (Å²) in [7, 11) is 1.68. The van der Waals surface area contributed by atoms with Crippen LogP contribution in [0.25, 0.3) is 0 Å². The predicted octanol–water partition coefficient (Wildman–Crippen LogP) is 2.48. The van der Waals surface area contributed by atoms with Gasteiger partial charge >= 0.3 is 0 Å². The molecule has 0 aliphatic carbocycles. The number of methoxy groups -OCH3 is 1. The summed E-state index contributed by atoms with van der Waals surface area (Å²) in [6.07, 6.45) is 1.29. The van der Waals surface area contributed by atoms with E-state index in [-0.39, 0.29) is 0 Å². The van der Waals surface area contributed by atoms with Crippen molar-refractivity contribution in [1.82, 2.24) is 4.90 Å². The van der Waals surface area contributed by atoms with E-state index in [0.29, 0.717) is 6.54 Å². The fraction of sp³-hybridized carbons (Fsp3) is 0.556. The van der Waals surface area contributed by atoms with Crippen molar-refractivity contribution < 1.29 is 4.74 Å². The molecule has 0 bridgehead atoms. The van der Waals surface area contributed by atoms with Crippen molar-refractivity contribution >= 4 is 0 Å². The molecule has 21 heavy (non-hydrogen) atoms. The molecule has 0 radical (unpaired) electrons. The Kier molecular flexibility index (Phi) is 5.67. The quantitative estimate of drug-likeness (QED) is 0.868. The number of hydrogen-bond donors (Lipinski definition) is 1. The van der Waals surface area contributed by atoms with Crippen LogP contribution in [0.1, 0.15) is 31.4 Å². The molecule has 1 aliphatic heterocycles. The van der Waals surface area contributed by atoms with Crippen molar-refractivity contribution in [2.24, 2.45) is 17.6 Å². The van der Waals surface area contributed by atoms with Gasteiger partial charge in [-0.15, -0.1) is 0 Å². The summed E-state index contributed by atoms with van der Waals surface area (Å²) in [5.41, 5.74) is 7.68. The Bertz CT molecular complexity index is 530. The van der Waals surface area contributed by atoms with Gasteiger partial charge in [-0.2, -0.15) is 0 Å². The van der Waals surface area contributed by atoms with E-state index in [9.17, 15) is 0 Å². The molecule has 0 amide bonds. The zero-order valence-electron chi connectivity index (χ0n) is 13.4. The minimum atomic E-state index is 0.370. The van der Waals surface area contributed by atoms with Crippen LogP contribution in [-0.4, -0.2) is 31.6 Å². The molecule has 1 aromatic rings. The normalized spacial score (nSPS) is 22.5. The number of benzene rings is 1. The average molecular weight is 286 g/mol. The highest BCUT2D eigenvalue weighted by molar-refractivity contribution is 5.48. The maximum Gasteiger partial charge on any atom is 0.134 e. The van der Waals surface area contributed by atoms with E-state index in [1.807, 2.05) is 6.07 Å². The van der Waals surface area contributed by atoms with Crippen molar-refractivity contribution in [3.05, 3.63) is 29.3 Å². The molecule has 3 heteroatoms. The van der Waals surface area contributed by atoms with Crippen LogP contribution < -0.4 is 10.5 Å². The summed E-state index contributed by atoms with van der Waals surface area (Å²) in [6, 6.07) is 6.27. The third-order valence-corrected chi connectivity index (χ3v) is 4.41. The summed E-state index contributed by atoms with van der Waals surface area (Å²) < 4.78 is 5.36. The highest BCUT2D eigenvalue weighted by Gasteiger charge is 2.22. The third kappa shape index (κ3) is 4.23. The molecule has 2 N–H and O–H groups in total. The Balaban J connectivity index is 2.10. The van der Waals surface area contributed by atoms with Crippen LogP contribution in [-0.2, 0) is 6.54 Å². The second kappa shape index (κ2) is 7.49. The molecule has 2 unspecified atom stereocenters. The molecule has 0 aromatic heterocycles. The van der Waals surface area contributed by atoms with Crippen molar-refractivity contribution in [2.75, 3.05) is 26.7 Å². The average Bonchev–Trinajstić information content (AvgIpc) is 2.49. The van der Waals surface area contributed by atoms with Gasteiger partial charge in [0.25, 0.3) is 0 Å². The van der Waals surface area contributed by atoms with E-state index in [4.69, 9.17) is 10.5 Å². The molecule has 0 saturated carbocycles. The summed E-state index contributed by atoms with van der Waals surface area (Å²) >= 11 is 0. The maximum atomic E-state index is 5.46. The Morgan fingerprint density at radius 1 is 1.33 bits per heavy atom. The van der Waals surface area contributed by atoms with Gasteiger partial charge in [-0.25, -0.2) is 0 Å². The molecule has 1 saturated heterocycles. The molecular weight excluding hydrogens is 260 g/mol. The van der Waals surface area contributed by atoms with Crippen LogP contribution in [0.3, 0.4) is 0 Å². The first-order valence-corrected chi connectivity index (χ1v) is 7.72. The molecule has 0 spiro atoms. The standard InChI is InChI=1S/C18H26N2O/c1-14-8-10-20(12-15(14)2)13-16-6-7-18(21-3)17(11-16)5-4-9-19/h6-7,11,14-15H,8-10,12-13,19H2,1-3H3. The van der Waals surface area contributed by atoms with E-state index >= 15 is 0 Å². The molecule has 1 heterocycles. The largest absolute Gasteiger partial charge is 0.495 e. The van der Waals surface area contributed by atoms with Crippen molar-refractivity contribution in [3.63, 3.8) is 0 Å². The van der Waals surface area contributed by atoms with Crippen molar-refractivity contribution in [3.8, 4) is 17.6 Å². The number of likely N-dealkylation sites (tertiary alicyclic amines) is 1. The van der Waals surface area contributed by atoms with Gasteiger partial charge in [0.2, 0.25) is 0 Å². The molecule has 114 valence electrons. The van der Waals surface area contributed by atoms with Crippen LogP contribution in [0.5, 0.6) is 5.75 Å². The monoisotopic (exact) mass is 286 g/mol. The summed E-state index contributed by atoms with van der Waals surface area (Å²) in [4.78, 5) is 2.53. The van der Waals surface area contributed by atoms with Gasteiger partial charge in [0, 0.05) is 13.1 Å². The molecule has 1 aromatic carbocycles. The molecule has 1 aliphatic rings. The topological polar surface area (TPSA) is 38.5 Å². The fourth-order valence-corrected chi connectivity index (χ4v) is 2.85. The Labute approximate surface area is 128 Å². The first-order valence-electron chi connectivity index (χ1n) is 7.72. The van der Waals surface area contributed by atoms with E-state index in [2.05, 4.69) is 42.7 Å². The van der Waals surface area contributed by atoms with Gasteiger partial charge < -0.3 is 10.5 Å². The van der Waals surface area contributed by atoms with Crippen LogP contribution in [0.2, 0.25) is 0 Å². The third-order valence-electron chi connectivity index (χ3n) is 4.41. The number of rotatable bonds is 3. The number of nitrogens with zero attached hydrogens (tertiary/aromatic N) is 1. The van der Waals surface area contributed by atoms with Gasteiger partial charge in [-0.05, 0) is 42.5 Å². The van der Waals surface area contributed by atoms with Gasteiger partial charge in [0.15, 0.2) is 0 Å². The lowest BCUT2D eigenvalue weighted by atomic mass is 9.88. The Morgan fingerprint density at radius 2 is 2.14 bits per heavy atom. The number of piperidine rings is 1. The first kappa shape index (κ1) is 15.9. The van der Waals surface area contributed by atoms with Gasteiger partial charge in [0.1, 0.15) is 5.75 Å².